The molecule has 0 fully saturated rings. The molecule has 0 spiro atoms. The minimum Gasteiger partial charge on any atom is -0.467 e. The van der Waals surface area contributed by atoms with Gasteiger partial charge in [-0.25, -0.2) is 9.48 Å². The van der Waals surface area contributed by atoms with Gasteiger partial charge >= 0.3 is 5.97 Å². The van der Waals surface area contributed by atoms with Crippen LogP contribution in [0.15, 0.2) is 41.1 Å². The molecule has 0 saturated heterocycles. The number of carbonyl (C=O) groups excluding carboxylic acids is 1. The fourth-order valence-electron chi connectivity index (χ4n) is 1.54. The lowest BCUT2D eigenvalue weighted by Crippen LogP contribution is -2.13. The predicted octanol–water partition coefficient (Wildman–Crippen LogP) is 1.84. The van der Waals surface area contributed by atoms with E-state index in [-0.39, 0.29) is 0 Å². The van der Waals surface area contributed by atoms with E-state index in [2.05, 4.69) is 25.8 Å². The Morgan fingerprint density at radius 3 is 2.89 bits per heavy atom. The number of halogens is 1. The van der Waals surface area contributed by atoms with Crippen LogP contribution < -0.4 is 0 Å². The fraction of sp³-hybridized carbons (Fsp3) is 0.167. The van der Waals surface area contributed by atoms with Gasteiger partial charge in [-0.3, -0.25) is 0 Å². The van der Waals surface area contributed by atoms with Crippen LogP contribution in [-0.2, 0) is 9.53 Å². The zero-order valence-corrected chi connectivity index (χ0v) is 11.2. The van der Waals surface area contributed by atoms with Gasteiger partial charge in [0, 0.05) is 16.9 Å². The summed E-state index contributed by atoms with van der Waals surface area (Å²) >= 11 is 3.38. The van der Waals surface area contributed by atoms with Crippen molar-refractivity contribution in [3.8, 4) is 5.69 Å². The molecule has 2 rings (SSSR count). The smallest absolute Gasteiger partial charge is 0.339 e. The zero-order valence-electron chi connectivity index (χ0n) is 9.58. The summed E-state index contributed by atoms with van der Waals surface area (Å²) < 4.78 is 6.89. The Kier molecular flexibility index (Phi) is 3.78. The summed E-state index contributed by atoms with van der Waals surface area (Å²) in [6.07, 6.45) is 2.19. The van der Waals surface area contributed by atoms with Crippen molar-refractivity contribution in [2.24, 2.45) is 0 Å². The van der Waals surface area contributed by atoms with Crippen LogP contribution in [0.25, 0.3) is 5.69 Å². The molecule has 6 heteroatoms. The van der Waals surface area contributed by atoms with Crippen molar-refractivity contribution in [2.75, 3.05) is 7.11 Å². The number of hydrogen-bond donors (Lipinski definition) is 1. The number of esters is 1. The first-order valence-corrected chi connectivity index (χ1v) is 5.98. The number of benzene rings is 1. The molecule has 0 amide bonds. The molecular weight excluding hydrogens is 300 g/mol. The van der Waals surface area contributed by atoms with Gasteiger partial charge in [-0.15, -0.1) is 0 Å². The van der Waals surface area contributed by atoms with E-state index in [1.165, 1.54) is 7.11 Å². The number of methoxy groups -OCH3 is 1. The molecule has 1 atom stereocenters. The minimum absolute atomic E-state index is 0.463. The third-order valence-electron chi connectivity index (χ3n) is 2.46. The lowest BCUT2D eigenvalue weighted by atomic mass is 10.1. The summed E-state index contributed by atoms with van der Waals surface area (Å²) in [5.74, 6) is -0.686. The van der Waals surface area contributed by atoms with Crippen molar-refractivity contribution >= 4 is 21.9 Å². The van der Waals surface area contributed by atoms with E-state index in [0.29, 0.717) is 5.56 Å². The van der Waals surface area contributed by atoms with Crippen molar-refractivity contribution in [3.63, 3.8) is 0 Å². The number of aliphatic hydroxyl groups excluding tert-OH is 1. The van der Waals surface area contributed by atoms with Crippen molar-refractivity contribution in [1.29, 1.82) is 0 Å². The fourth-order valence-corrected chi connectivity index (χ4v) is 2.12. The number of carbonyl (C=O) groups is 1. The van der Waals surface area contributed by atoms with Gasteiger partial charge in [0.1, 0.15) is 0 Å². The van der Waals surface area contributed by atoms with Crippen LogP contribution in [0.2, 0.25) is 0 Å². The highest BCUT2D eigenvalue weighted by atomic mass is 79.9. The van der Waals surface area contributed by atoms with E-state index in [9.17, 15) is 9.90 Å². The average Bonchev–Trinajstić information content (AvgIpc) is 2.90. The van der Waals surface area contributed by atoms with E-state index in [4.69, 9.17) is 0 Å². The first-order chi connectivity index (χ1) is 8.63. The van der Waals surface area contributed by atoms with Crippen LogP contribution in [0.1, 0.15) is 11.7 Å². The lowest BCUT2D eigenvalue weighted by Gasteiger charge is -2.11. The molecule has 1 heterocycles. The second kappa shape index (κ2) is 5.32. The highest BCUT2D eigenvalue weighted by molar-refractivity contribution is 9.10. The number of hydrogen-bond acceptors (Lipinski definition) is 4. The molecule has 0 bridgehead atoms. The third kappa shape index (κ3) is 2.44. The molecule has 1 aromatic carbocycles. The van der Waals surface area contributed by atoms with E-state index in [0.717, 1.165) is 10.2 Å². The van der Waals surface area contributed by atoms with Crippen molar-refractivity contribution in [3.05, 3.63) is 46.7 Å². The normalized spacial score (nSPS) is 12.2. The molecule has 0 aliphatic rings. The Bertz CT molecular complexity index is 554. The van der Waals surface area contributed by atoms with Crippen LogP contribution in [-0.4, -0.2) is 28.0 Å². The monoisotopic (exact) mass is 310 g/mol. The van der Waals surface area contributed by atoms with E-state index in [1.807, 2.05) is 6.07 Å². The van der Waals surface area contributed by atoms with Gasteiger partial charge in [0.25, 0.3) is 0 Å². The molecule has 1 aromatic heterocycles. The summed E-state index contributed by atoms with van der Waals surface area (Å²) in [6, 6.07) is 6.89. The Labute approximate surface area is 112 Å². The summed E-state index contributed by atoms with van der Waals surface area (Å²) in [6.45, 7) is 0. The van der Waals surface area contributed by atoms with Gasteiger partial charge in [0.2, 0.25) is 0 Å². The standard InChI is InChI=1S/C12H11BrN2O3/c1-18-12(17)11(16)8-3-4-10(9(13)7-8)15-6-2-5-14-15/h2-7,11,16H,1H3. The number of rotatable bonds is 3. The SMILES string of the molecule is COC(=O)C(O)c1ccc(-n2cccn2)c(Br)c1. The molecule has 5 nitrogen and oxygen atoms in total. The van der Waals surface area contributed by atoms with Gasteiger partial charge in [0.15, 0.2) is 6.10 Å². The van der Waals surface area contributed by atoms with E-state index in [1.54, 1.807) is 35.3 Å². The number of ether oxygens (including phenoxy) is 1. The Morgan fingerprint density at radius 1 is 1.56 bits per heavy atom. The molecule has 0 aliphatic heterocycles. The molecule has 0 radical (unpaired) electrons. The first kappa shape index (κ1) is 12.8. The molecule has 18 heavy (non-hydrogen) atoms. The zero-order chi connectivity index (χ0) is 13.1. The van der Waals surface area contributed by atoms with Gasteiger partial charge in [-0.2, -0.15) is 5.10 Å². The summed E-state index contributed by atoms with van der Waals surface area (Å²) in [5, 5.41) is 13.8. The summed E-state index contributed by atoms with van der Waals surface area (Å²) in [5.41, 5.74) is 1.28. The van der Waals surface area contributed by atoms with Crippen LogP contribution >= 0.6 is 15.9 Å². The topological polar surface area (TPSA) is 64.3 Å². The molecule has 0 saturated carbocycles. The Morgan fingerprint density at radius 2 is 2.33 bits per heavy atom. The van der Waals surface area contributed by atoms with Crippen LogP contribution in [0, 0.1) is 0 Å². The Balaban J connectivity index is 2.33. The average molecular weight is 311 g/mol. The maximum Gasteiger partial charge on any atom is 0.339 e. The molecular formula is C12H11BrN2O3. The lowest BCUT2D eigenvalue weighted by molar-refractivity contribution is -0.150. The molecule has 1 N–H and O–H groups in total. The maximum atomic E-state index is 11.2. The summed E-state index contributed by atoms with van der Waals surface area (Å²) in [4.78, 5) is 11.2. The highest BCUT2D eigenvalue weighted by Gasteiger charge is 2.18. The minimum atomic E-state index is -1.28. The predicted molar refractivity (Wildman–Crippen MR) is 68.2 cm³/mol. The number of aromatic nitrogens is 2. The molecule has 2 aromatic rings. The van der Waals surface area contributed by atoms with Crippen molar-refractivity contribution in [2.45, 2.75) is 6.10 Å². The van der Waals surface area contributed by atoms with E-state index >= 15 is 0 Å². The molecule has 94 valence electrons. The summed E-state index contributed by atoms with van der Waals surface area (Å²) in [7, 11) is 1.23. The van der Waals surface area contributed by atoms with Gasteiger partial charge in [0.05, 0.1) is 12.8 Å². The van der Waals surface area contributed by atoms with Crippen LogP contribution in [0.3, 0.4) is 0 Å². The second-order valence-electron chi connectivity index (χ2n) is 3.59. The van der Waals surface area contributed by atoms with Gasteiger partial charge in [-0.1, -0.05) is 6.07 Å². The second-order valence-corrected chi connectivity index (χ2v) is 4.44. The first-order valence-electron chi connectivity index (χ1n) is 5.19. The number of nitrogens with zero attached hydrogens (tertiary/aromatic N) is 2. The quantitative estimate of drug-likeness (QED) is 0.879. The maximum absolute atomic E-state index is 11.2. The molecule has 1 unspecified atom stereocenters. The highest BCUT2D eigenvalue weighted by Crippen LogP contribution is 2.25. The van der Waals surface area contributed by atoms with E-state index < -0.39 is 12.1 Å². The van der Waals surface area contributed by atoms with Crippen LogP contribution in [0.4, 0.5) is 0 Å². The Hall–Kier alpha value is -1.66. The molecule has 0 aliphatic carbocycles. The van der Waals surface area contributed by atoms with Crippen molar-refractivity contribution in [1.82, 2.24) is 9.78 Å². The van der Waals surface area contributed by atoms with Gasteiger partial charge < -0.3 is 9.84 Å². The van der Waals surface area contributed by atoms with Gasteiger partial charge in [-0.05, 0) is 39.7 Å². The largest absolute Gasteiger partial charge is 0.467 e. The van der Waals surface area contributed by atoms with Crippen LogP contribution in [0.5, 0.6) is 0 Å². The third-order valence-corrected chi connectivity index (χ3v) is 3.10. The number of aliphatic hydroxyl groups is 1. The van der Waals surface area contributed by atoms with Crippen molar-refractivity contribution < 1.29 is 14.6 Å².